The molecule has 0 radical (unpaired) electrons. The summed E-state index contributed by atoms with van der Waals surface area (Å²) >= 11 is 0. The molecular weight excluding hydrogens is 452 g/mol. The minimum atomic E-state index is -1.28. The van der Waals surface area contributed by atoms with Crippen LogP contribution in [0.2, 0.25) is 0 Å². The molecule has 1 aromatic heterocycles. The molecule has 1 amide bonds. The third kappa shape index (κ3) is 5.63. The van der Waals surface area contributed by atoms with Crippen molar-refractivity contribution in [1.82, 2.24) is 20.8 Å². The van der Waals surface area contributed by atoms with E-state index < -0.39 is 23.4 Å². The van der Waals surface area contributed by atoms with E-state index in [0.29, 0.717) is 22.8 Å². The standard InChI is InChI=1S/C26H27F2N5O2/c1-15-11-12-29-23(30-15)14-22(26(2,3)35)31-25(34)18-5-4-6-19(28)24(18)21-13-20(32-33-21)16-7-9-17(27)10-8-16/h4-13,15,22,35H,14H2,1-3H3,(H,29,30)(H,31,34)(H,32,33). The number of H-pyrrole nitrogens is 1. The number of amidine groups is 1. The van der Waals surface area contributed by atoms with Gasteiger partial charge < -0.3 is 15.7 Å². The van der Waals surface area contributed by atoms with Crippen LogP contribution in [0.4, 0.5) is 8.78 Å². The zero-order valence-electron chi connectivity index (χ0n) is 19.6. The van der Waals surface area contributed by atoms with Crippen molar-refractivity contribution in [3.63, 3.8) is 0 Å². The van der Waals surface area contributed by atoms with Crippen molar-refractivity contribution in [1.29, 1.82) is 0 Å². The third-order valence-corrected chi connectivity index (χ3v) is 5.79. The Balaban J connectivity index is 1.62. The molecule has 0 spiro atoms. The molecule has 2 heterocycles. The molecule has 2 unspecified atom stereocenters. The van der Waals surface area contributed by atoms with Gasteiger partial charge in [-0.3, -0.25) is 14.9 Å². The van der Waals surface area contributed by atoms with Gasteiger partial charge in [0.2, 0.25) is 0 Å². The minimum Gasteiger partial charge on any atom is -0.388 e. The Morgan fingerprint density at radius 2 is 1.94 bits per heavy atom. The summed E-state index contributed by atoms with van der Waals surface area (Å²) in [5, 5.41) is 23.6. The number of hydrogen-bond donors (Lipinski definition) is 4. The molecule has 2 aromatic carbocycles. The van der Waals surface area contributed by atoms with Gasteiger partial charge in [-0.25, -0.2) is 8.78 Å². The summed E-state index contributed by atoms with van der Waals surface area (Å²) in [7, 11) is 0. The molecule has 9 heteroatoms. The number of rotatable bonds is 7. The molecule has 0 fully saturated rings. The lowest BCUT2D eigenvalue weighted by atomic mass is 9.94. The zero-order valence-corrected chi connectivity index (χ0v) is 19.6. The van der Waals surface area contributed by atoms with E-state index in [4.69, 9.17) is 0 Å². The van der Waals surface area contributed by atoms with Gasteiger partial charge in [0, 0.05) is 23.7 Å². The molecule has 3 aromatic rings. The van der Waals surface area contributed by atoms with E-state index in [1.54, 1.807) is 38.2 Å². The van der Waals surface area contributed by atoms with Crippen LogP contribution in [-0.2, 0) is 0 Å². The lowest BCUT2D eigenvalue weighted by Crippen LogP contribution is -2.51. The van der Waals surface area contributed by atoms with Crippen molar-refractivity contribution in [2.24, 2.45) is 4.99 Å². The highest BCUT2D eigenvalue weighted by molar-refractivity contribution is 6.01. The number of aliphatic imine (C=N–C) groups is 1. The highest BCUT2D eigenvalue weighted by Gasteiger charge is 2.31. The second-order valence-electron chi connectivity index (χ2n) is 9.04. The Labute approximate surface area is 202 Å². The topological polar surface area (TPSA) is 102 Å². The summed E-state index contributed by atoms with van der Waals surface area (Å²) in [6.07, 6.45) is 3.93. The Morgan fingerprint density at radius 1 is 1.20 bits per heavy atom. The highest BCUT2D eigenvalue weighted by atomic mass is 19.1. The summed E-state index contributed by atoms with van der Waals surface area (Å²) in [6.45, 7) is 5.12. The van der Waals surface area contributed by atoms with Gasteiger partial charge in [-0.05, 0) is 69.3 Å². The molecule has 182 valence electrons. The number of hydrogen-bond acceptors (Lipinski definition) is 5. The Hall–Kier alpha value is -3.85. The minimum absolute atomic E-state index is 0.0186. The van der Waals surface area contributed by atoms with E-state index >= 15 is 0 Å². The smallest absolute Gasteiger partial charge is 0.252 e. The Bertz CT molecular complexity index is 1280. The van der Waals surface area contributed by atoms with Crippen LogP contribution in [0.15, 0.2) is 65.8 Å². The zero-order chi connectivity index (χ0) is 25.2. The maximum absolute atomic E-state index is 15.0. The number of nitrogens with one attached hydrogen (secondary N) is 3. The van der Waals surface area contributed by atoms with Gasteiger partial charge in [0.05, 0.1) is 34.6 Å². The van der Waals surface area contributed by atoms with Gasteiger partial charge in [-0.15, -0.1) is 0 Å². The van der Waals surface area contributed by atoms with Crippen molar-refractivity contribution in [3.05, 3.63) is 78.0 Å². The van der Waals surface area contributed by atoms with Gasteiger partial charge in [0.15, 0.2) is 0 Å². The van der Waals surface area contributed by atoms with E-state index in [-0.39, 0.29) is 29.4 Å². The van der Waals surface area contributed by atoms with Crippen LogP contribution >= 0.6 is 0 Å². The molecule has 4 rings (SSSR count). The first-order chi connectivity index (χ1) is 16.6. The maximum Gasteiger partial charge on any atom is 0.252 e. The first-order valence-corrected chi connectivity index (χ1v) is 11.2. The van der Waals surface area contributed by atoms with E-state index in [1.165, 1.54) is 30.3 Å². The van der Waals surface area contributed by atoms with Crippen LogP contribution in [0.25, 0.3) is 22.5 Å². The van der Waals surface area contributed by atoms with Gasteiger partial charge in [-0.1, -0.05) is 6.07 Å². The molecule has 0 saturated carbocycles. The summed E-state index contributed by atoms with van der Waals surface area (Å²) in [4.78, 5) is 17.8. The molecule has 0 bridgehead atoms. The van der Waals surface area contributed by atoms with Crippen LogP contribution < -0.4 is 10.6 Å². The fraction of sp³-hybridized carbons (Fsp3) is 0.269. The summed E-state index contributed by atoms with van der Waals surface area (Å²) in [5.41, 5.74) is 0.270. The van der Waals surface area contributed by atoms with Crippen molar-refractivity contribution >= 4 is 11.7 Å². The van der Waals surface area contributed by atoms with Crippen LogP contribution in [0.5, 0.6) is 0 Å². The van der Waals surface area contributed by atoms with Gasteiger partial charge in [0.25, 0.3) is 5.91 Å². The number of amides is 1. The van der Waals surface area contributed by atoms with Crippen LogP contribution in [-0.4, -0.2) is 44.7 Å². The van der Waals surface area contributed by atoms with E-state index in [1.807, 2.05) is 13.0 Å². The van der Waals surface area contributed by atoms with Crippen LogP contribution in [0.1, 0.15) is 37.6 Å². The molecule has 1 aliphatic heterocycles. The second-order valence-corrected chi connectivity index (χ2v) is 9.04. The van der Waals surface area contributed by atoms with Crippen molar-refractivity contribution in [2.75, 3.05) is 0 Å². The van der Waals surface area contributed by atoms with Crippen LogP contribution in [0, 0.1) is 11.6 Å². The quantitative estimate of drug-likeness (QED) is 0.408. The average Bonchev–Trinajstić information content (AvgIpc) is 3.28. The number of carbonyl (C=O) groups is 1. The number of halogens is 2. The van der Waals surface area contributed by atoms with Crippen molar-refractivity contribution in [2.45, 2.75) is 44.9 Å². The molecule has 1 aliphatic rings. The molecule has 7 nitrogen and oxygen atoms in total. The molecule has 4 N–H and O–H groups in total. The number of carbonyl (C=O) groups excluding carboxylic acids is 1. The summed E-state index contributed by atoms with van der Waals surface area (Å²) in [6, 6.07) is 10.8. The molecule has 35 heavy (non-hydrogen) atoms. The molecule has 2 atom stereocenters. The van der Waals surface area contributed by atoms with Crippen molar-refractivity contribution < 1.29 is 18.7 Å². The Morgan fingerprint density at radius 3 is 2.63 bits per heavy atom. The third-order valence-electron chi connectivity index (χ3n) is 5.79. The lowest BCUT2D eigenvalue weighted by molar-refractivity contribution is 0.0370. The van der Waals surface area contributed by atoms with E-state index in [9.17, 15) is 18.7 Å². The largest absolute Gasteiger partial charge is 0.388 e. The number of nitrogens with zero attached hydrogens (tertiary/aromatic N) is 2. The first kappa shape index (κ1) is 24.3. The highest BCUT2D eigenvalue weighted by Crippen LogP contribution is 2.29. The Kier molecular flexibility index (Phi) is 6.79. The lowest BCUT2D eigenvalue weighted by Gasteiger charge is -2.31. The predicted octanol–water partition coefficient (Wildman–Crippen LogP) is 4.19. The number of aromatic amines is 1. The first-order valence-electron chi connectivity index (χ1n) is 11.2. The summed E-state index contributed by atoms with van der Waals surface area (Å²) < 4.78 is 28.3. The molecule has 0 aliphatic carbocycles. The molecule has 0 saturated heterocycles. The van der Waals surface area contributed by atoms with Gasteiger partial charge >= 0.3 is 0 Å². The normalized spacial score (nSPS) is 16.4. The summed E-state index contributed by atoms with van der Waals surface area (Å²) in [5.74, 6) is -0.906. The SMILES string of the molecule is CC1C=CNC(CC(NC(=O)c2cccc(F)c2-c2cc(-c3ccc(F)cc3)n[nH]2)C(C)(C)O)=N1. The molecular formula is C26H27F2N5O2. The van der Waals surface area contributed by atoms with E-state index in [2.05, 4.69) is 25.8 Å². The average molecular weight is 480 g/mol. The maximum atomic E-state index is 15.0. The number of aromatic nitrogens is 2. The van der Waals surface area contributed by atoms with Gasteiger partial charge in [0.1, 0.15) is 17.5 Å². The number of benzene rings is 2. The predicted molar refractivity (Wildman–Crippen MR) is 131 cm³/mol. The van der Waals surface area contributed by atoms with Crippen molar-refractivity contribution in [3.8, 4) is 22.5 Å². The monoisotopic (exact) mass is 479 g/mol. The fourth-order valence-corrected chi connectivity index (χ4v) is 3.83. The fourth-order valence-electron chi connectivity index (χ4n) is 3.83. The second kappa shape index (κ2) is 9.79. The van der Waals surface area contributed by atoms with E-state index in [0.717, 1.165) is 0 Å². The van der Waals surface area contributed by atoms with Crippen LogP contribution in [0.3, 0.4) is 0 Å². The van der Waals surface area contributed by atoms with Gasteiger partial charge in [-0.2, -0.15) is 5.10 Å². The number of aliphatic hydroxyl groups is 1.